The Morgan fingerprint density at radius 2 is 1.95 bits per heavy atom. The molecule has 0 aromatic rings. The molecule has 0 aromatic heterocycles. The minimum Gasteiger partial charge on any atom is -0.379 e. The Labute approximate surface area is 147 Å². The molecule has 0 heterocycles. The molecule has 2 N–H and O–H groups in total. The fraction of sp³-hybridized carbons (Fsp3) is 0.938. The van der Waals surface area contributed by atoms with Crippen LogP contribution in [0.1, 0.15) is 52.9 Å². The summed E-state index contributed by atoms with van der Waals surface area (Å²) >= 11 is 0. The van der Waals surface area contributed by atoms with Gasteiger partial charge in [0.1, 0.15) is 0 Å². The quantitative estimate of drug-likeness (QED) is 0.251. The van der Waals surface area contributed by atoms with Crippen LogP contribution in [0, 0.1) is 11.8 Å². The van der Waals surface area contributed by atoms with Gasteiger partial charge in [0, 0.05) is 26.2 Å². The molecule has 0 amide bonds. The normalized spacial score (nSPS) is 16.5. The average Bonchev–Trinajstić information content (AvgIpc) is 3.20. The lowest BCUT2D eigenvalue weighted by Gasteiger charge is -2.18. The van der Waals surface area contributed by atoms with Gasteiger partial charge in [0.15, 0.2) is 5.96 Å². The summed E-state index contributed by atoms with van der Waals surface area (Å²) in [4.78, 5) is 4.26. The highest BCUT2D eigenvalue weighted by Gasteiger charge is 2.20. The van der Waals surface area contributed by atoms with Gasteiger partial charge in [-0.15, -0.1) is 24.0 Å². The fourth-order valence-corrected chi connectivity index (χ4v) is 2.11. The van der Waals surface area contributed by atoms with Gasteiger partial charge in [-0.2, -0.15) is 0 Å². The Bertz CT molecular complexity index is 281. The second-order valence-corrected chi connectivity index (χ2v) is 6.39. The van der Waals surface area contributed by atoms with Crippen LogP contribution in [0.5, 0.6) is 0 Å². The van der Waals surface area contributed by atoms with Crippen LogP contribution in [0.4, 0.5) is 0 Å². The van der Waals surface area contributed by atoms with Crippen molar-refractivity contribution in [3.05, 3.63) is 0 Å². The number of guanidine groups is 1. The molecular formula is C16H34IN3O. The summed E-state index contributed by atoms with van der Waals surface area (Å²) in [6, 6.07) is 0.465. The number of rotatable bonds is 10. The molecule has 0 bridgehead atoms. The summed E-state index contributed by atoms with van der Waals surface area (Å²) in [5, 5.41) is 6.74. The smallest absolute Gasteiger partial charge is 0.191 e. The van der Waals surface area contributed by atoms with E-state index in [1.807, 2.05) is 7.05 Å². The minimum atomic E-state index is 0. The van der Waals surface area contributed by atoms with E-state index in [0.29, 0.717) is 6.04 Å². The molecule has 0 spiro atoms. The second kappa shape index (κ2) is 12.5. The van der Waals surface area contributed by atoms with Crippen LogP contribution in [0.2, 0.25) is 0 Å². The van der Waals surface area contributed by atoms with Crippen molar-refractivity contribution in [3.63, 3.8) is 0 Å². The molecule has 126 valence electrons. The number of halogens is 1. The Balaban J connectivity index is 0.00000400. The molecule has 1 atom stereocenters. The van der Waals surface area contributed by atoms with Crippen LogP contribution in [-0.2, 0) is 4.74 Å². The van der Waals surface area contributed by atoms with Gasteiger partial charge in [-0.1, -0.05) is 26.7 Å². The molecule has 1 saturated carbocycles. The third-order valence-electron chi connectivity index (χ3n) is 3.61. The van der Waals surface area contributed by atoms with Gasteiger partial charge in [-0.05, 0) is 38.0 Å². The molecule has 5 heteroatoms. The lowest BCUT2D eigenvalue weighted by molar-refractivity contribution is 0.129. The Kier molecular flexibility index (Phi) is 12.5. The van der Waals surface area contributed by atoms with Gasteiger partial charge in [-0.3, -0.25) is 4.99 Å². The van der Waals surface area contributed by atoms with Gasteiger partial charge in [0.2, 0.25) is 0 Å². The maximum absolute atomic E-state index is 5.60. The van der Waals surface area contributed by atoms with Crippen molar-refractivity contribution in [3.8, 4) is 0 Å². The molecule has 4 nitrogen and oxygen atoms in total. The van der Waals surface area contributed by atoms with E-state index in [1.54, 1.807) is 0 Å². The molecule has 0 aromatic carbocycles. The first-order valence-corrected chi connectivity index (χ1v) is 8.16. The number of ether oxygens (including phenoxy) is 1. The van der Waals surface area contributed by atoms with Crippen LogP contribution in [-0.4, -0.2) is 38.8 Å². The van der Waals surface area contributed by atoms with Crippen LogP contribution in [0.15, 0.2) is 4.99 Å². The molecule has 21 heavy (non-hydrogen) atoms. The number of aliphatic imine (C=N–C) groups is 1. The first-order chi connectivity index (χ1) is 9.61. The average molecular weight is 411 g/mol. The number of nitrogens with zero attached hydrogens (tertiary/aromatic N) is 1. The Hall–Kier alpha value is -0.0400. The first-order valence-electron chi connectivity index (χ1n) is 8.16. The molecule has 1 unspecified atom stereocenters. The summed E-state index contributed by atoms with van der Waals surface area (Å²) in [5.41, 5.74) is 0. The van der Waals surface area contributed by atoms with E-state index in [0.717, 1.165) is 37.6 Å². The summed E-state index contributed by atoms with van der Waals surface area (Å²) < 4.78 is 5.60. The van der Waals surface area contributed by atoms with Crippen molar-refractivity contribution in [2.45, 2.75) is 58.9 Å². The maximum Gasteiger partial charge on any atom is 0.191 e. The van der Waals surface area contributed by atoms with E-state index in [-0.39, 0.29) is 24.0 Å². The van der Waals surface area contributed by atoms with E-state index in [2.05, 4.69) is 36.4 Å². The molecule has 0 aliphatic heterocycles. The SMILES string of the molecule is CN=C(NCCOCC1CC1)NC(C)CCCC(C)C.I. The van der Waals surface area contributed by atoms with Gasteiger partial charge >= 0.3 is 0 Å². The van der Waals surface area contributed by atoms with Crippen molar-refractivity contribution < 1.29 is 4.74 Å². The molecule has 1 rings (SSSR count). The standard InChI is InChI=1S/C16H33N3O.HI/c1-13(2)6-5-7-14(3)19-16(17-4)18-10-11-20-12-15-8-9-15;/h13-15H,5-12H2,1-4H3,(H2,17,18,19);1H. The largest absolute Gasteiger partial charge is 0.379 e. The Morgan fingerprint density at radius 3 is 2.52 bits per heavy atom. The van der Waals surface area contributed by atoms with E-state index in [9.17, 15) is 0 Å². The zero-order valence-corrected chi connectivity index (χ0v) is 16.5. The summed E-state index contributed by atoms with van der Waals surface area (Å²) in [6.07, 6.45) is 6.46. The number of nitrogens with one attached hydrogen (secondary N) is 2. The highest BCUT2D eigenvalue weighted by Crippen LogP contribution is 2.28. The summed E-state index contributed by atoms with van der Waals surface area (Å²) in [6.45, 7) is 9.29. The molecule has 1 aliphatic rings. The maximum atomic E-state index is 5.60. The van der Waals surface area contributed by atoms with Gasteiger partial charge in [0.05, 0.1) is 6.61 Å². The van der Waals surface area contributed by atoms with Gasteiger partial charge in [0.25, 0.3) is 0 Å². The van der Waals surface area contributed by atoms with Crippen molar-refractivity contribution in [1.82, 2.24) is 10.6 Å². The lowest BCUT2D eigenvalue weighted by Crippen LogP contribution is -2.43. The van der Waals surface area contributed by atoms with Gasteiger partial charge in [-0.25, -0.2) is 0 Å². The van der Waals surface area contributed by atoms with Crippen molar-refractivity contribution in [2.24, 2.45) is 16.8 Å². The molecule has 0 saturated heterocycles. The molecule has 1 aliphatic carbocycles. The van der Waals surface area contributed by atoms with Crippen molar-refractivity contribution >= 4 is 29.9 Å². The lowest BCUT2D eigenvalue weighted by atomic mass is 10.0. The first kappa shape index (κ1) is 21.0. The van der Waals surface area contributed by atoms with Crippen LogP contribution >= 0.6 is 24.0 Å². The zero-order valence-electron chi connectivity index (χ0n) is 14.2. The van der Waals surface area contributed by atoms with Crippen LogP contribution in [0.3, 0.4) is 0 Å². The van der Waals surface area contributed by atoms with E-state index in [1.165, 1.54) is 32.1 Å². The van der Waals surface area contributed by atoms with Crippen molar-refractivity contribution in [2.75, 3.05) is 26.8 Å². The van der Waals surface area contributed by atoms with E-state index >= 15 is 0 Å². The van der Waals surface area contributed by atoms with E-state index < -0.39 is 0 Å². The molecular weight excluding hydrogens is 377 g/mol. The van der Waals surface area contributed by atoms with Crippen LogP contribution in [0.25, 0.3) is 0 Å². The number of hydrogen-bond donors (Lipinski definition) is 2. The predicted octanol–water partition coefficient (Wildman–Crippen LogP) is 3.41. The van der Waals surface area contributed by atoms with Crippen LogP contribution < -0.4 is 10.6 Å². The predicted molar refractivity (Wildman–Crippen MR) is 102 cm³/mol. The molecule has 1 fully saturated rings. The highest BCUT2D eigenvalue weighted by molar-refractivity contribution is 14.0. The minimum absolute atomic E-state index is 0. The highest BCUT2D eigenvalue weighted by atomic mass is 127. The summed E-state index contributed by atoms with van der Waals surface area (Å²) in [5.74, 6) is 2.52. The third-order valence-corrected chi connectivity index (χ3v) is 3.61. The zero-order chi connectivity index (χ0) is 14.8. The Morgan fingerprint density at radius 1 is 1.24 bits per heavy atom. The second-order valence-electron chi connectivity index (χ2n) is 6.39. The molecule has 0 radical (unpaired) electrons. The monoisotopic (exact) mass is 411 g/mol. The number of hydrogen-bond acceptors (Lipinski definition) is 2. The fourth-order valence-electron chi connectivity index (χ4n) is 2.11. The van der Waals surface area contributed by atoms with E-state index in [4.69, 9.17) is 4.74 Å². The summed E-state index contributed by atoms with van der Waals surface area (Å²) in [7, 11) is 1.82. The van der Waals surface area contributed by atoms with Gasteiger partial charge < -0.3 is 15.4 Å². The van der Waals surface area contributed by atoms with Crippen molar-refractivity contribution in [1.29, 1.82) is 0 Å². The topological polar surface area (TPSA) is 45.7 Å². The third kappa shape index (κ3) is 12.2.